The van der Waals surface area contributed by atoms with Crippen molar-refractivity contribution < 1.29 is 0 Å². The smallest absolute Gasteiger partial charge is 0.190 e. The van der Waals surface area contributed by atoms with Crippen LogP contribution in [0.2, 0.25) is 72.5 Å². The third-order valence-corrected chi connectivity index (χ3v) is 76.1. The second-order valence-electron chi connectivity index (χ2n) is 17.6. The predicted octanol–water partition coefficient (Wildman–Crippen LogP) is 8.85. The average Bonchev–Trinajstić information content (AvgIpc) is 2.95. The summed E-state index contributed by atoms with van der Waals surface area (Å²) in [5.74, 6) is 0. The molecule has 0 aliphatic carbocycles. The molecular weight excluding hydrogens is 509 g/mol. The van der Waals surface area contributed by atoms with Crippen LogP contribution in [0.1, 0.15) is 83.1 Å². The largest absolute Gasteiger partial charge is 0.421 e. The molecule has 1 saturated heterocycles. The quantitative estimate of drug-likeness (QED) is 0.310. The first-order chi connectivity index (χ1) is 14.5. The van der Waals surface area contributed by atoms with Crippen LogP contribution in [0.3, 0.4) is 0 Å². The maximum atomic E-state index is 3.26. The average molecular weight is 573 g/mol. The van der Waals surface area contributed by atoms with E-state index < -0.39 is 46.8 Å². The standard InChI is InChI=1S/C26H64N2Si6/c1-23(2,3)33(19,24(4,5)6)30(34(20,25(7,8)9)26(10,11)12)29-27(31(13,14)15)21-22-28(29)32(16,17)18/h21-22H2,1-20H3. The molecule has 0 saturated carbocycles. The van der Waals surface area contributed by atoms with Gasteiger partial charge in [0.1, 0.15) is 16.5 Å². The molecule has 1 fully saturated rings. The predicted molar refractivity (Wildman–Crippen MR) is 174 cm³/mol. The van der Waals surface area contributed by atoms with Crippen LogP contribution in [-0.2, 0) is 0 Å². The number of hydrogen-bond acceptors (Lipinski definition) is 2. The van der Waals surface area contributed by atoms with Gasteiger partial charge in [0.05, 0.1) is 15.2 Å². The van der Waals surface area contributed by atoms with Gasteiger partial charge in [-0.15, -0.1) is 0 Å². The van der Waals surface area contributed by atoms with Gasteiger partial charge >= 0.3 is 0 Å². The van der Waals surface area contributed by atoms with Crippen LogP contribution in [0.15, 0.2) is 0 Å². The van der Waals surface area contributed by atoms with Gasteiger partial charge in [0, 0.05) is 20.0 Å². The molecule has 1 rings (SSSR count). The van der Waals surface area contributed by atoms with E-state index in [2.05, 4.69) is 144 Å². The molecule has 1 aliphatic heterocycles. The van der Waals surface area contributed by atoms with E-state index in [0.29, 0.717) is 20.2 Å². The topological polar surface area (TPSA) is 6.48 Å². The van der Waals surface area contributed by atoms with Crippen LogP contribution >= 0.6 is 0 Å². The van der Waals surface area contributed by atoms with Crippen molar-refractivity contribution in [2.45, 2.75) is 156 Å². The summed E-state index contributed by atoms with van der Waals surface area (Å²) in [5.41, 5.74) is 0. The molecule has 0 aromatic heterocycles. The molecule has 34 heavy (non-hydrogen) atoms. The van der Waals surface area contributed by atoms with Gasteiger partial charge in [-0.25, -0.2) is 0 Å². The lowest BCUT2D eigenvalue weighted by Crippen LogP contribution is -2.78. The van der Waals surface area contributed by atoms with Crippen molar-refractivity contribution in [2.75, 3.05) is 13.1 Å². The highest BCUT2D eigenvalue weighted by Gasteiger charge is 2.65. The summed E-state index contributed by atoms with van der Waals surface area (Å²) in [6.45, 7) is 55.7. The van der Waals surface area contributed by atoms with Crippen molar-refractivity contribution in [1.29, 1.82) is 0 Å². The van der Waals surface area contributed by atoms with Crippen molar-refractivity contribution in [3.8, 4) is 0 Å². The first-order valence-corrected chi connectivity index (χ1v) is 31.6. The molecule has 0 aromatic rings. The third-order valence-electron chi connectivity index (χ3n) is 9.90. The summed E-state index contributed by atoms with van der Waals surface area (Å²) in [6.07, 6.45) is 0. The van der Waals surface area contributed by atoms with E-state index in [1.807, 2.05) is 0 Å². The Hall–Kier alpha value is 0.901. The summed E-state index contributed by atoms with van der Waals surface area (Å²) in [6, 6.07) is 0. The lowest BCUT2D eigenvalue weighted by atomic mass is 10.2. The van der Waals surface area contributed by atoms with E-state index in [0.717, 1.165) is 0 Å². The molecular formula is C26H64N2Si6. The van der Waals surface area contributed by atoms with Gasteiger partial charge in [0.15, 0.2) is 8.21 Å². The Kier molecular flexibility index (Phi) is 8.98. The Morgan fingerprint density at radius 3 is 0.824 bits per heavy atom. The van der Waals surface area contributed by atoms with E-state index in [1.165, 1.54) is 13.1 Å². The van der Waals surface area contributed by atoms with Gasteiger partial charge in [0.2, 0.25) is 0 Å². The summed E-state index contributed by atoms with van der Waals surface area (Å²) < 4.78 is 6.52. The normalized spacial score (nSPS) is 18.2. The molecule has 0 N–H and O–H groups in total. The molecule has 0 spiro atoms. The van der Waals surface area contributed by atoms with Crippen LogP contribution < -0.4 is 0 Å². The lowest BCUT2D eigenvalue weighted by molar-refractivity contribution is 0.626. The Bertz CT molecular complexity index is 685. The molecule has 1 aliphatic rings. The minimum absolute atomic E-state index is 0.404. The summed E-state index contributed by atoms with van der Waals surface area (Å²) in [7, 11) is -7.19. The highest BCUT2D eigenvalue weighted by atomic mass is 29.8. The maximum absolute atomic E-state index is 3.26. The molecule has 0 radical (unpaired) electrons. The molecule has 0 aromatic carbocycles. The minimum atomic E-state index is -1.77. The van der Waals surface area contributed by atoms with Crippen LogP contribution in [0, 0.1) is 0 Å². The number of hydrogen-bond donors (Lipinski definition) is 0. The zero-order valence-electron chi connectivity index (χ0n) is 27.3. The second kappa shape index (κ2) is 9.28. The first kappa shape index (κ1) is 32.9. The highest BCUT2D eigenvalue weighted by Crippen LogP contribution is 2.59. The monoisotopic (exact) mass is 572 g/mol. The zero-order chi connectivity index (χ0) is 27.7. The fraction of sp³-hybridized carbons (Fsp3) is 1.00. The lowest BCUT2D eigenvalue weighted by Gasteiger charge is -2.62. The SMILES string of the molecule is CC(C)(C)[Si](C)([Si](=[Si]1N([Si](C)(C)C)CCN1[Si](C)(C)C)[Si](C)(C(C)(C)C)C(C)(C)C)C(C)(C)C. The molecule has 0 amide bonds. The second-order valence-corrected chi connectivity index (χ2v) is 57.6. The van der Waals surface area contributed by atoms with Crippen molar-refractivity contribution in [2.24, 2.45) is 0 Å². The van der Waals surface area contributed by atoms with Crippen molar-refractivity contribution >= 4 is 46.8 Å². The number of nitrogens with zero attached hydrogens (tertiary/aromatic N) is 2. The Balaban J connectivity index is 4.65. The maximum Gasteiger partial charge on any atom is 0.190 e. The Morgan fingerprint density at radius 2 is 0.676 bits per heavy atom. The van der Waals surface area contributed by atoms with Gasteiger partial charge in [-0.2, -0.15) is 0 Å². The molecule has 2 nitrogen and oxygen atoms in total. The molecule has 202 valence electrons. The van der Waals surface area contributed by atoms with Crippen LogP contribution in [-0.4, -0.2) is 68.3 Å². The van der Waals surface area contributed by atoms with Gasteiger partial charge in [-0.3, -0.25) is 0 Å². The van der Waals surface area contributed by atoms with Gasteiger partial charge < -0.3 is 8.46 Å². The van der Waals surface area contributed by atoms with E-state index >= 15 is 0 Å². The molecule has 0 unspecified atom stereocenters. The minimum Gasteiger partial charge on any atom is -0.421 e. The van der Waals surface area contributed by atoms with Crippen molar-refractivity contribution in [3.63, 3.8) is 0 Å². The van der Waals surface area contributed by atoms with Crippen LogP contribution in [0.5, 0.6) is 0 Å². The zero-order valence-corrected chi connectivity index (χ0v) is 33.3. The third kappa shape index (κ3) is 5.52. The first-order valence-electron chi connectivity index (χ1n) is 13.8. The fourth-order valence-corrected chi connectivity index (χ4v) is 103. The Labute approximate surface area is 223 Å². The number of rotatable bonds is 4. The Morgan fingerprint density at radius 1 is 0.471 bits per heavy atom. The fourth-order valence-electron chi connectivity index (χ4n) is 6.83. The van der Waals surface area contributed by atoms with E-state index in [-0.39, 0.29) is 0 Å². The van der Waals surface area contributed by atoms with E-state index in [1.54, 1.807) is 0 Å². The molecule has 1 heterocycles. The molecule has 8 heteroatoms. The van der Waals surface area contributed by atoms with Crippen LogP contribution in [0.25, 0.3) is 0 Å². The van der Waals surface area contributed by atoms with Crippen LogP contribution in [0.4, 0.5) is 0 Å². The molecule has 0 bridgehead atoms. The summed E-state index contributed by atoms with van der Waals surface area (Å²) >= 11 is 0. The summed E-state index contributed by atoms with van der Waals surface area (Å²) in [5, 5.41) is 1.61. The van der Waals surface area contributed by atoms with E-state index in [9.17, 15) is 0 Å². The summed E-state index contributed by atoms with van der Waals surface area (Å²) in [4.78, 5) is 0. The van der Waals surface area contributed by atoms with Gasteiger partial charge in [0.25, 0.3) is 0 Å². The van der Waals surface area contributed by atoms with Gasteiger partial charge in [-0.1, -0.05) is 135 Å². The van der Waals surface area contributed by atoms with E-state index in [4.69, 9.17) is 0 Å². The van der Waals surface area contributed by atoms with Crippen molar-refractivity contribution in [3.05, 3.63) is 0 Å². The highest BCUT2D eigenvalue weighted by molar-refractivity contribution is 7.68. The van der Waals surface area contributed by atoms with Gasteiger partial charge in [-0.05, 0) is 20.2 Å². The molecule has 0 atom stereocenters. The van der Waals surface area contributed by atoms with Crippen molar-refractivity contribution in [1.82, 2.24) is 8.46 Å².